The molecular weight excluding hydrogens is 215 g/mol. The zero-order valence-electron chi connectivity index (χ0n) is 9.10. The molecule has 1 aromatic carbocycles. The smallest absolute Gasteiger partial charge is 0.166 e. The molecule has 0 fully saturated rings. The predicted molar refractivity (Wildman–Crippen MR) is 59.9 cm³/mol. The highest BCUT2D eigenvalue weighted by atomic mass is 35.5. The molecule has 0 N–H and O–H groups in total. The van der Waals surface area contributed by atoms with Crippen LogP contribution in [-0.2, 0) is 0 Å². The maximum atomic E-state index is 13.7. The lowest BCUT2D eigenvalue weighted by Gasteiger charge is -2.07. The molecule has 1 nitrogen and oxygen atoms in total. The molecule has 82 valence electrons. The Morgan fingerprint density at radius 2 is 2.07 bits per heavy atom. The Labute approximate surface area is 94.3 Å². The fourth-order valence-corrected chi connectivity index (χ4v) is 1.50. The van der Waals surface area contributed by atoms with E-state index in [4.69, 9.17) is 11.6 Å². The van der Waals surface area contributed by atoms with Gasteiger partial charge in [-0.3, -0.25) is 4.79 Å². The first-order chi connectivity index (χ1) is 6.93. The van der Waals surface area contributed by atoms with Crippen molar-refractivity contribution in [3.8, 4) is 0 Å². The second-order valence-electron chi connectivity index (χ2n) is 4.06. The number of ketones is 1. The van der Waals surface area contributed by atoms with E-state index < -0.39 is 5.82 Å². The lowest BCUT2D eigenvalue weighted by Crippen LogP contribution is -2.07. The number of Topliss-reactive ketones (excluding diaryl/α,β-unsaturated/α-hetero) is 1. The van der Waals surface area contributed by atoms with Gasteiger partial charge in [0.1, 0.15) is 5.82 Å². The van der Waals surface area contributed by atoms with Crippen molar-refractivity contribution in [1.82, 2.24) is 0 Å². The van der Waals surface area contributed by atoms with Crippen molar-refractivity contribution in [3.05, 3.63) is 34.1 Å². The van der Waals surface area contributed by atoms with Gasteiger partial charge in [0.2, 0.25) is 0 Å². The Morgan fingerprint density at radius 1 is 1.47 bits per heavy atom. The van der Waals surface area contributed by atoms with Crippen molar-refractivity contribution in [2.24, 2.45) is 5.92 Å². The van der Waals surface area contributed by atoms with Crippen molar-refractivity contribution in [3.63, 3.8) is 0 Å². The molecule has 0 spiro atoms. The van der Waals surface area contributed by atoms with Crippen LogP contribution in [0.3, 0.4) is 0 Å². The van der Waals surface area contributed by atoms with Gasteiger partial charge in [0.05, 0.1) is 5.56 Å². The van der Waals surface area contributed by atoms with Crippen molar-refractivity contribution >= 4 is 17.4 Å². The van der Waals surface area contributed by atoms with Gasteiger partial charge in [-0.15, -0.1) is 0 Å². The summed E-state index contributed by atoms with van der Waals surface area (Å²) in [6.07, 6.45) is 0.359. The molecule has 15 heavy (non-hydrogen) atoms. The standard InChI is InChI=1S/C12H14ClFO/c1-7(2)6-11(15)9-4-5-10(13)8(3)12(9)14/h4-5,7H,6H2,1-3H3. The van der Waals surface area contributed by atoms with Gasteiger partial charge in [0, 0.05) is 17.0 Å². The molecule has 0 saturated heterocycles. The summed E-state index contributed by atoms with van der Waals surface area (Å²) in [5, 5.41) is 0.355. The summed E-state index contributed by atoms with van der Waals surface area (Å²) in [6.45, 7) is 5.43. The predicted octanol–water partition coefficient (Wildman–Crippen LogP) is 4.02. The van der Waals surface area contributed by atoms with E-state index in [1.54, 1.807) is 13.0 Å². The highest BCUT2D eigenvalue weighted by Gasteiger charge is 2.15. The Morgan fingerprint density at radius 3 is 2.60 bits per heavy atom. The summed E-state index contributed by atoms with van der Waals surface area (Å²) in [5.74, 6) is -0.427. The van der Waals surface area contributed by atoms with E-state index in [-0.39, 0.29) is 17.3 Å². The number of carbonyl (C=O) groups is 1. The monoisotopic (exact) mass is 228 g/mol. The van der Waals surface area contributed by atoms with Crippen LogP contribution in [0.1, 0.15) is 36.2 Å². The largest absolute Gasteiger partial charge is 0.294 e. The third kappa shape index (κ3) is 2.78. The number of carbonyl (C=O) groups excluding carboxylic acids is 1. The normalized spacial score (nSPS) is 10.8. The molecule has 0 aliphatic heterocycles. The Bertz CT molecular complexity index is 385. The van der Waals surface area contributed by atoms with Crippen molar-refractivity contribution in [1.29, 1.82) is 0 Å². The average molecular weight is 229 g/mol. The van der Waals surface area contributed by atoms with Gasteiger partial charge >= 0.3 is 0 Å². The molecule has 0 amide bonds. The molecule has 3 heteroatoms. The molecule has 0 aliphatic carbocycles. The van der Waals surface area contributed by atoms with E-state index in [0.29, 0.717) is 17.0 Å². The van der Waals surface area contributed by atoms with E-state index in [0.717, 1.165) is 0 Å². The zero-order chi connectivity index (χ0) is 11.6. The highest BCUT2D eigenvalue weighted by molar-refractivity contribution is 6.31. The van der Waals surface area contributed by atoms with Crippen molar-refractivity contribution in [2.45, 2.75) is 27.2 Å². The second kappa shape index (κ2) is 4.75. The van der Waals surface area contributed by atoms with Crippen LogP contribution in [0.4, 0.5) is 4.39 Å². The molecule has 0 atom stereocenters. The van der Waals surface area contributed by atoms with Crippen LogP contribution >= 0.6 is 11.6 Å². The van der Waals surface area contributed by atoms with Crippen molar-refractivity contribution < 1.29 is 9.18 Å². The number of rotatable bonds is 3. The first-order valence-electron chi connectivity index (χ1n) is 4.91. The summed E-state index contributed by atoms with van der Waals surface area (Å²) in [4.78, 5) is 11.7. The topological polar surface area (TPSA) is 17.1 Å². The van der Waals surface area contributed by atoms with E-state index >= 15 is 0 Å². The number of hydrogen-bond acceptors (Lipinski definition) is 1. The molecule has 1 aromatic rings. The van der Waals surface area contributed by atoms with E-state index in [2.05, 4.69) is 0 Å². The molecule has 1 rings (SSSR count). The Kier molecular flexibility index (Phi) is 3.86. The maximum absolute atomic E-state index is 13.7. The quantitative estimate of drug-likeness (QED) is 0.715. The van der Waals surface area contributed by atoms with Crippen molar-refractivity contribution in [2.75, 3.05) is 0 Å². The maximum Gasteiger partial charge on any atom is 0.166 e. The van der Waals surface area contributed by atoms with Crippen LogP contribution in [0.25, 0.3) is 0 Å². The minimum atomic E-state index is -0.492. The lowest BCUT2D eigenvalue weighted by molar-refractivity contribution is 0.0964. The van der Waals surface area contributed by atoms with Gasteiger partial charge in [0.15, 0.2) is 5.78 Å². The van der Waals surface area contributed by atoms with Crippen LogP contribution in [-0.4, -0.2) is 5.78 Å². The minimum Gasteiger partial charge on any atom is -0.294 e. The molecule has 0 bridgehead atoms. The molecule has 0 heterocycles. The molecule has 0 aromatic heterocycles. The Hall–Kier alpha value is -0.890. The fraction of sp³-hybridized carbons (Fsp3) is 0.417. The van der Waals surface area contributed by atoms with Crippen LogP contribution < -0.4 is 0 Å². The second-order valence-corrected chi connectivity index (χ2v) is 4.46. The molecule has 0 aliphatic rings. The van der Waals surface area contributed by atoms with Gasteiger partial charge in [-0.25, -0.2) is 4.39 Å². The van der Waals surface area contributed by atoms with Crippen LogP contribution in [0.15, 0.2) is 12.1 Å². The first-order valence-corrected chi connectivity index (χ1v) is 5.29. The third-order valence-corrected chi connectivity index (χ3v) is 2.62. The summed E-state index contributed by atoms with van der Waals surface area (Å²) in [5.41, 5.74) is 0.483. The number of benzene rings is 1. The molecule has 0 saturated carbocycles. The van der Waals surface area contributed by atoms with Gasteiger partial charge < -0.3 is 0 Å². The van der Waals surface area contributed by atoms with Crippen LogP contribution in [0, 0.1) is 18.7 Å². The lowest BCUT2D eigenvalue weighted by atomic mass is 9.99. The summed E-state index contributed by atoms with van der Waals surface area (Å²) in [7, 11) is 0. The van der Waals surface area contributed by atoms with E-state index in [1.807, 2.05) is 13.8 Å². The Balaban J connectivity index is 3.06. The fourth-order valence-electron chi connectivity index (χ4n) is 1.36. The average Bonchev–Trinajstić information content (AvgIpc) is 2.13. The van der Waals surface area contributed by atoms with E-state index in [9.17, 15) is 9.18 Å². The summed E-state index contributed by atoms with van der Waals surface area (Å²) in [6, 6.07) is 3.02. The van der Waals surface area contributed by atoms with Gasteiger partial charge in [0.25, 0.3) is 0 Å². The van der Waals surface area contributed by atoms with Crippen LogP contribution in [0.2, 0.25) is 5.02 Å². The highest BCUT2D eigenvalue weighted by Crippen LogP contribution is 2.22. The number of hydrogen-bond donors (Lipinski definition) is 0. The summed E-state index contributed by atoms with van der Waals surface area (Å²) < 4.78 is 13.7. The minimum absolute atomic E-state index is 0.144. The SMILES string of the molecule is Cc1c(Cl)ccc(C(=O)CC(C)C)c1F. The van der Waals surface area contributed by atoms with Gasteiger partial charge in [-0.1, -0.05) is 25.4 Å². The summed E-state index contributed by atoms with van der Waals surface area (Å²) >= 11 is 5.75. The van der Waals surface area contributed by atoms with Gasteiger partial charge in [-0.2, -0.15) is 0 Å². The van der Waals surface area contributed by atoms with E-state index in [1.165, 1.54) is 6.07 Å². The molecule has 0 unspecified atom stereocenters. The zero-order valence-corrected chi connectivity index (χ0v) is 9.86. The molecular formula is C12H14ClFO. The first kappa shape index (κ1) is 12.2. The molecule has 0 radical (unpaired) electrons. The third-order valence-electron chi connectivity index (χ3n) is 2.21. The van der Waals surface area contributed by atoms with Gasteiger partial charge in [-0.05, 0) is 25.0 Å². The van der Waals surface area contributed by atoms with Crippen LogP contribution in [0.5, 0.6) is 0 Å². The number of halogens is 2.